The van der Waals surface area contributed by atoms with Crippen LogP contribution in [0.4, 0.5) is 0 Å². The lowest BCUT2D eigenvalue weighted by atomic mass is 9.96. The van der Waals surface area contributed by atoms with Gasteiger partial charge in [0.25, 0.3) is 0 Å². The molecule has 17 unspecified atom stereocenters. The van der Waals surface area contributed by atoms with E-state index >= 15 is 0 Å². The maximum absolute atomic E-state index is 13.4. The van der Waals surface area contributed by atoms with Gasteiger partial charge in [0.15, 0.2) is 18.9 Å². The van der Waals surface area contributed by atoms with Crippen molar-refractivity contribution in [3.05, 3.63) is 48.6 Å². The van der Waals surface area contributed by atoms with Gasteiger partial charge < -0.3 is 89.9 Å². The molecule has 0 aliphatic carbocycles. The molecule has 3 fully saturated rings. The van der Waals surface area contributed by atoms with Crippen LogP contribution in [0.15, 0.2) is 48.6 Å². The maximum atomic E-state index is 13.4. The highest BCUT2D eigenvalue weighted by molar-refractivity contribution is 5.76. The molecule has 3 aliphatic heterocycles. The van der Waals surface area contributed by atoms with Crippen LogP contribution in [0, 0.1) is 0 Å². The summed E-state index contributed by atoms with van der Waals surface area (Å²) in [5.41, 5.74) is 0. The molecule has 490 valence electrons. The van der Waals surface area contributed by atoms with Gasteiger partial charge in [0.2, 0.25) is 5.91 Å². The Balaban J connectivity index is 1.44. The second kappa shape index (κ2) is 47.7. The lowest BCUT2D eigenvalue weighted by Gasteiger charge is -2.48. The SMILES string of the molecule is CCCCCCC/C=C\C/C=C\CCCCCCCCCCCCCCCC(=O)NC(COC1OC(CO)C(OC2OC(CO)C(OC3OC(CO)C(O)C(O)C3O)C(O)C2O)C(O)C1O)C(O)/C=C/CC/C=C/CCCCCCCCCC. The molecule has 0 saturated carbocycles. The quantitative estimate of drug-likeness (QED) is 0.0208. The van der Waals surface area contributed by atoms with E-state index in [1.54, 1.807) is 6.08 Å². The summed E-state index contributed by atoms with van der Waals surface area (Å²) in [6, 6.07) is -0.990. The molecule has 0 aromatic rings. The molecule has 19 heteroatoms. The van der Waals surface area contributed by atoms with Crippen LogP contribution in [0.25, 0.3) is 0 Å². The Bertz CT molecular complexity index is 1720. The lowest BCUT2D eigenvalue weighted by molar-refractivity contribution is -0.379. The minimum Gasteiger partial charge on any atom is -0.394 e. The fourth-order valence-electron chi connectivity index (χ4n) is 10.9. The third-order valence-corrected chi connectivity index (χ3v) is 16.3. The molecule has 3 saturated heterocycles. The average Bonchev–Trinajstić information content (AvgIpc) is 3.68. The van der Waals surface area contributed by atoms with Crippen LogP contribution in [-0.4, -0.2) is 193 Å². The molecule has 3 aliphatic rings. The van der Waals surface area contributed by atoms with E-state index in [-0.39, 0.29) is 18.9 Å². The van der Waals surface area contributed by atoms with Crippen molar-refractivity contribution >= 4 is 5.91 Å². The Morgan fingerprint density at radius 1 is 0.429 bits per heavy atom. The van der Waals surface area contributed by atoms with Crippen LogP contribution in [-0.2, 0) is 33.2 Å². The van der Waals surface area contributed by atoms with Gasteiger partial charge in [0.05, 0.1) is 38.6 Å². The average molecular weight is 1200 g/mol. The van der Waals surface area contributed by atoms with Crippen molar-refractivity contribution in [3.8, 4) is 0 Å². The normalized spacial score (nSPS) is 29.5. The van der Waals surface area contributed by atoms with Gasteiger partial charge >= 0.3 is 0 Å². The van der Waals surface area contributed by atoms with Gasteiger partial charge in [0, 0.05) is 6.42 Å². The number of aliphatic hydroxyl groups is 11. The van der Waals surface area contributed by atoms with Crippen molar-refractivity contribution in [3.63, 3.8) is 0 Å². The van der Waals surface area contributed by atoms with E-state index in [1.165, 1.54) is 148 Å². The molecule has 0 aromatic carbocycles. The number of rotatable bonds is 49. The van der Waals surface area contributed by atoms with Crippen LogP contribution < -0.4 is 5.32 Å². The number of carbonyl (C=O) groups is 1. The number of unbranched alkanes of at least 4 members (excludes halogenated alkanes) is 27. The smallest absolute Gasteiger partial charge is 0.220 e. The number of hydrogen-bond acceptors (Lipinski definition) is 18. The van der Waals surface area contributed by atoms with Crippen molar-refractivity contribution in [1.29, 1.82) is 0 Å². The Kier molecular flexibility index (Phi) is 43.2. The van der Waals surface area contributed by atoms with Crippen LogP contribution in [0.3, 0.4) is 0 Å². The van der Waals surface area contributed by atoms with E-state index < -0.39 is 124 Å². The highest BCUT2D eigenvalue weighted by atomic mass is 16.8. The monoisotopic (exact) mass is 1200 g/mol. The van der Waals surface area contributed by atoms with Gasteiger partial charge in [-0.25, -0.2) is 0 Å². The number of hydrogen-bond donors (Lipinski definition) is 12. The Morgan fingerprint density at radius 2 is 0.798 bits per heavy atom. The van der Waals surface area contributed by atoms with Crippen molar-refractivity contribution in [1.82, 2.24) is 5.32 Å². The van der Waals surface area contributed by atoms with Crippen molar-refractivity contribution in [2.24, 2.45) is 0 Å². The molecule has 0 aromatic heterocycles. The molecule has 0 bridgehead atoms. The van der Waals surface area contributed by atoms with E-state index in [4.69, 9.17) is 28.4 Å². The molecule has 17 atom stereocenters. The second-order valence-electron chi connectivity index (χ2n) is 23.6. The highest BCUT2D eigenvalue weighted by Crippen LogP contribution is 2.33. The standard InChI is InChI=1S/C65H117NO18/c1-3-5-7-9-11-13-15-17-19-20-21-22-23-24-25-26-27-28-29-31-33-35-37-39-41-43-53(71)66-48(49(70)42-40-38-36-34-32-30-18-16-14-12-10-8-6-4-2)47-79-63-59(77)56(74)61(51(45-68)81-63)84-65-60(78)57(75)62(52(46-69)82-65)83-64-58(76)55(73)54(72)50(44-67)80-64/h15,17,20-21,32,34,40,42,48-52,54-65,67-70,72-78H,3-14,16,18-19,22-31,33,35-39,41,43-47H2,1-2H3,(H,66,71)/b17-15-,21-20-,34-32+,42-40+. The zero-order valence-corrected chi connectivity index (χ0v) is 51.4. The van der Waals surface area contributed by atoms with Crippen molar-refractivity contribution in [2.75, 3.05) is 26.4 Å². The molecule has 1 amide bonds. The molecular formula is C65H117NO18. The third-order valence-electron chi connectivity index (χ3n) is 16.3. The number of nitrogens with one attached hydrogen (secondary N) is 1. The summed E-state index contributed by atoms with van der Waals surface area (Å²) >= 11 is 0. The first-order chi connectivity index (χ1) is 40.8. The van der Waals surface area contributed by atoms with E-state index in [9.17, 15) is 61.0 Å². The Morgan fingerprint density at radius 3 is 1.26 bits per heavy atom. The Labute approximate surface area is 503 Å². The number of aliphatic hydroxyl groups excluding tert-OH is 11. The highest BCUT2D eigenvalue weighted by Gasteiger charge is 2.53. The summed E-state index contributed by atoms with van der Waals surface area (Å²) in [5.74, 6) is -0.287. The zero-order chi connectivity index (χ0) is 61.2. The molecule has 19 nitrogen and oxygen atoms in total. The first-order valence-corrected chi connectivity index (χ1v) is 32.9. The number of allylic oxidation sites excluding steroid dienone is 7. The van der Waals surface area contributed by atoms with Crippen molar-refractivity contribution < 1.29 is 89.4 Å². The molecule has 12 N–H and O–H groups in total. The van der Waals surface area contributed by atoms with Gasteiger partial charge in [-0.05, 0) is 64.2 Å². The van der Waals surface area contributed by atoms with Crippen LogP contribution in [0.1, 0.15) is 226 Å². The molecular weight excluding hydrogens is 1080 g/mol. The second-order valence-corrected chi connectivity index (χ2v) is 23.6. The van der Waals surface area contributed by atoms with Gasteiger partial charge in [-0.1, -0.05) is 204 Å². The van der Waals surface area contributed by atoms with Crippen LogP contribution in [0.5, 0.6) is 0 Å². The van der Waals surface area contributed by atoms with Gasteiger partial charge in [0.1, 0.15) is 73.2 Å². The van der Waals surface area contributed by atoms with Gasteiger partial charge in [-0.2, -0.15) is 0 Å². The predicted octanol–water partition coefficient (Wildman–Crippen LogP) is 7.43. The van der Waals surface area contributed by atoms with Gasteiger partial charge in [-0.3, -0.25) is 4.79 Å². The predicted molar refractivity (Wildman–Crippen MR) is 323 cm³/mol. The summed E-state index contributed by atoms with van der Waals surface area (Å²) < 4.78 is 34.3. The zero-order valence-electron chi connectivity index (χ0n) is 51.4. The first kappa shape index (κ1) is 76.0. The van der Waals surface area contributed by atoms with Crippen LogP contribution in [0.2, 0.25) is 0 Å². The lowest BCUT2D eigenvalue weighted by Crippen LogP contribution is -2.66. The summed E-state index contributed by atoms with van der Waals surface area (Å²) in [5, 5.41) is 120. The number of amides is 1. The van der Waals surface area contributed by atoms with E-state index in [2.05, 4.69) is 55.6 Å². The van der Waals surface area contributed by atoms with E-state index in [1.807, 2.05) is 6.08 Å². The summed E-state index contributed by atoms with van der Waals surface area (Å²) in [7, 11) is 0. The van der Waals surface area contributed by atoms with Crippen LogP contribution >= 0.6 is 0 Å². The summed E-state index contributed by atoms with van der Waals surface area (Å²) in [4.78, 5) is 13.4. The minimum atomic E-state index is -1.98. The first-order valence-electron chi connectivity index (χ1n) is 32.9. The largest absolute Gasteiger partial charge is 0.394 e. The van der Waals surface area contributed by atoms with E-state index in [0.29, 0.717) is 12.8 Å². The fraction of sp³-hybridized carbons (Fsp3) is 0.862. The fourth-order valence-corrected chi connectivity index (χ4v) is 10.9. The topological polar surface area (TPSA) is 307 Å². The molecule has 0 spiro atoms. The van der Waals surface area contributed by atoms with Crippen molar-refractivity contribution in [2.45, 2.75) is 330 Å². The summed E-state index contributed by atoms with van der Waals surface area (Å²) in [6.07, 6.45) is 28.1. The molecule has 3 rings (SSSR count). The Hall–Kier alpha value is -2.25. The van der Waals surface area contributed by atoms with Gasteiger partial charge in [-0.15, -0.1) is 0 Å². The number of ether oxygens (including phenoxy) is 6. The molecule has 84 heavy (non-hydrogen) atoms. The third kappa shape index (κ3) is 30.3. The number of carbonyl (C=O) groups excluding carboxylic acids is 1. The molecule has 0 radical (unpaired) electrons. The minimum absolute atomic E-state index is 0.234. The summed E-state index contributed by atoms with van der Waals surface area (Å²) in [6.45, 7) is 1.69. The molecule has 3 heterocycles. The van der Waals surface area contributed by atoms with E-state index in [0.717, 1.165) is 44.9 Å². The maximum Gasteiger partial charge on any atom is 0.220 e.